The summed E-state index contributed by atoms with van der Waals surface area (Å²) in [5.74, 6) is 0.941. The van der Waals surface area contributed by atoms with Crippen LogP contribution in [0.15, 0.2) is 24.1 Å². The minimum atomic E-state index is 0.0639. The van der Waals surface area contributed by atoms with Gasteiger partial charge in [0, 0.05) is 43.3 Å². The molecule has 26 heavy (non-hydrogen) atoms. The highest BCUT2D eigenvalue weighted by molar-refractivity contribution is 7.11. The Bertz CT molecular complexity index is 933. The van der Waals surface area contributed by atoms with Gasteiger partial charge < -0.3 is 9.88 Å². The Balaban J connectivity index is 1.61. The lowest BCUT2D eigenvalue weighted by molar-refractivity contribution is 0.0710. The summed E-state index contributed by atoms with van der Waals surface area (Å²) in [6.45, 7) is 5.25. The van der Waals surface area contributed by atoms with Gasteiger partial charge in [0.05, 0.1) is 16.9 Å². The zero-order chi connectivity index (χ0) is 18.1. The van der Waals surface area contributed by atoms with Crippen molar-refractivity contribution in [1.82, 2.24) is 29.8 Å². The molecule has 1 atom stereocenters. The number of aryl methyl sites for hydroxylation is 2. The van der Waals surface area contributed by atoms with E-state index in [0.29, 0.717) is 6.54 Å². The Morgan fingerprint density at radius 3 is 2.81 bits per heavy atom. The predicted octanol–water partition coefficient (Wildman–Crippen LogP) is 2.96. The number of carbonyl (C=O) groups excluding carboxylic acids is 1. The number of hydrogen-bond donors (Lipinski definition) is 1. The van der Waals surface area contributed by atoms with Crippen LogP contribution in [0.1, 0.15) is 45.5 Å². The number of nitrogens with zero attached hydrogens (tertiary/aromatic N) is 5. The average molecular weight is 368 g/mol. The molecule has 0 bridgehead atoms. The fourth-order valence-electron chi connectivity index (χ4n) is 3.40. The predicted molar refractivity (Wildman–Crippen MR) is 99.1 cm³/mol. The maximum absolute atomic E-state index is 12.9. The van der Waals surface area contributed by atoms with Crippen molar-refractivity contribution < 1.29 is 4.79 Å². The first-order chi connectivity index (χ1) is 12.6. The van der Waals surface area contributed by atoms with Crippen molar-refractivity contribution in [1.29, 1.82) is 0 Å². The van der Waals surface area contributed by atoms with E-state index in [-0.39, 0.29) is 11.8 Å². The number of nitrogens with one attached hydrogen (secondary N) is 1. The Labute approximate surface area is 155 Å². The minimum Gasteiger partial charge on any atom is -0.341 e. The molecule has 1 unspecified atom stereocenters. The topological polar surface area (TPSA) is 87.7 Å². The van der Waals surface area contributed by atoms with E-state index in [1.165, 1.54) is 11.3 Å². The molecule has 0 aliphatic carbocycles. The van der Waals surface area contributed by atoms with E-state index in [2.05, 4.69) is 24.9 Å². The summed E-state index contributed by atoms with van der Waals surface area (Å²) >= 11 is 1.41. The Hall–Kier alpha value is -2.61. The first kappa shape index (κ1) is 16.8. The number of hydrogen-bond acceptors (Lipinski definition) is 6. The largest absolute Gasteiger partial charge is 0.341 e. The molecule has 1 aliphatic rings. The Morgan fingerprint density at radius 1 is 1.23 bits per heavy atom. The van der Waals surface area contributed by atoms with Crippen molar-refractivity contribution >= 4 is 17.2 Å². The standard InChI is InChI=1S/C18H20N6OS/c1-11-8-21-17(23-11)15-14(19-5-6-20-15)13-4-3-7-24(9-13)18(25)16-12(2)22-10-26-16/h5-6,8,10,13H,3-4,7,9H2,1-2H3,(H,21,23). The molecule has 1 amide bonds. The molecule has 0 spiro atoms. The molecular formula is C18H20N6OS. The first-order valence-corrected chi connectivity index (χ1v) is 9.53. The van der Waals surface area contributed by atoms with Crippen LogP contribution in [0, 0.1) is 13.8 Å². The van der Waals surface area contributed by atoms with E-state index < -0.39 is 0 Å². The van der Waals surface area contributed by atoms with Crippen LogP contribution in [0.3, 0.4) is 0 Å². The normalized spacial score (nSPS) is 17.5. The second-order valence-corrected chi connectivity index (χ2v) is 7.42. The molecule has 134 valence electrons. The van der Waals surface area contributed by atoms with E-state index in [4.69, 9.17) is 0 Å². The number of likely N-dealkylation sites (tertiary alicyclic amines) is 1. The van der Waals surface area contributed by atoms with E-state index in [0.717, 1.165) is 52.9 Å². The Morgan fingerprint density at radius 2 is 2.08 bits per heavy atom. The van der Waals surface area contributed by atoms with Gasteiger partial charge >= 0.3 is 0 Å². The number of imidazole rings is 1. The molecule has 7 nitrogen and oxygen atoms in total. The fourth-order valence-corrected chi connectivity index (χ4v) is 4.17. The molecule has 3 aromatic rings. The third-order valence-electron chi connectivity index (χ3n) is 4.69. The van der Waals surface area contributed by atoms with Crippen molar-refractivity contribution in [3.8, 4) is 11.5 Å². The molecule has 1 fully saturated rings. The quantitative estimate of drug-likeness (QED) is 0.768. The van der Waals surface area contributed by atoms with Gasteiger partial charge in [-0.1, -0.05) is 0 Å². The SMILES string of the molecule is Cc1cnc(-c2nccnc2C2CCCN(C(=O)c3scnc3C)C2)[nH]1. The zero-order valence-corrected chi connectivity index (χ0v) is 15.6. The van der Waals surface area contributed by atoms with Crippen molar-refractivity contribution in [3.63, 3.8) is 0 Å². The lowest BCUT2D eigenvalue weighted by atomic mass is 9.92. The van der Waals surface area contributed by atoms with Gasteiger partial charge in [0.1, 0.15) is 10.6 Å². The number of carbonyl (C=O) groups is 1. The highest BCUT2D eigenvalue weighted by atomic mass is 32.1. The van der Waals surface area contributed by atoms with Gasteiger partial charge in [0.2, 0.25) is 0 Å². The van der Waals surface area contributed by atoms with Crippen LogP contribution in [0.25, 0.3) is 11.5 Å². The van der Waals surface area contributed by atoms with Crippen LogP contribution < -0.4 is 0 Å². The van der Waals surface area contributed by atoms with Gasteiger partial charge in [-0.05, 0) is 26.7 Å². The van der Waals surface area contributed by atoms with E-state index >= 15 is 0 Å². The third kappa shape index (κ3) is 3.12. The molecule has 0 saturated carbocycles. The molecule has 0 aromatic carbocycles. The molecule has 1 N–H and O–H groups in total. The number of aromatic amines is 1. The maximum atomic E-state index is 12.9. The summed E-state index contributed by atoms with van der Waals surface area (Å²) in [4.78, 5) is 36.4. The number of rotatable bonds is 3. The van der Waals surface area contributed by atoms with Gasteiger partial charge in [0.15, 0.2) is 5.82 Å². The zero-order valence-electron chi connectivity index (χ0n) is 14.8. The lowest BCUT2D eigenvalue weighted by Gasteiger charge is -2.32. The molecule has 8 heteroatoms. The molecule has 0 radical (unpaired) electrons. The van der Waals surface area contributed by atoms with E-state index in [9.17, 15) is 4.79 Å². The summed E-state index contributed by atoms with van der Waals surface area (Å²) in [5.41, 5.74) is 5.18. The molecule has 3 aromatic heterocycles. The first-order valence-electron chi connectivity index (χ1n) is 8.65. The van der Waals surface area contributed by atoms with Crippen LogP contribution in [0.4, 0.5) is 0 Å². The van der Waals surface area contributed by atoms with Gasteiger partial charge in [-0.2, -0.15) is 0 Å². The Kier molecular flexibility index (Phi) is 4.50. The van der Waals surface area contributed by atoms with Gasteiger partial charge in [-0.25, -0.2) is 15.0 Å². The van der Waals surface area contributed by atoms with Crippen molar-refractivity contribution in [2.45, 2.75) is 32.6 Å². The summed E-state index contributed by atoms with van der Waals surface area (Å²) < 4.78 is 0. The number of H-pyrrole nitrogens is 1. The highest BCUT2D eigenvalue weighted by Crippen LogP contribution is 2.31. The molecule has 1 saturated heterocycles. The van der Waals surface area contributed by atoms with Crippen LogP contribution in [0.5, 0.6) is 0 Å². The number of aromatic nitrogens is 5. The lowest BCUT2D eigenvalue weighted by Crippen LogP contribution is -2.39. The van der Waals surface area contributed by atoms with Gasteiger partial charge in [-0.3, -0.25) is 9.78 Å². The number of thiazole rings is 1. The van der Waals surface area contributed by atoms with Gasteiger partial charge in [0.25, 0.3) is 5.91 Å². The van der Waals surface area contributed by atoms with Crippen molar-refractivity contribution in [3.05, 3.63) is 46.1 Å². The average Bonchev–Trinajstić information content (AvgIpc) is 3.29. The van der Waals surface area contributed by atoms with Crippen LogP contribution in [-0.4, -0.2) is 48.8 Å². The maximum Gasteiger partial charge on any atom is 0.265 e. The second kappa shape index (κ2) is 6.95. The summed E-state index contributed by atoms with van der Waals surface area (Å²) in [7, 11) is 0. The minimum absolute atomic E-state index is 0.0639. The molecular weight excluding hydrogens is 348 g/mol. The fraction of sp³-hybridized carbons (Fsp3) is 0.389. The van der Waals surface area contributed by atoms with Crippen molar-refractivity contribution in [2.24, 2.45) is 0 Å². The third-order valence-corrected chi connectivity index (χ3v) is 5.61. The van der Waals surface area contributed by atoms with Crippen LogP contribution >= 0.6 is 11.3 Å². The highest BCUT2D eigenvalue weighted by Gasteiger charge is 2.30. The number of amides is 1. The smallest absolute Gasteiger partial charge is 0.265 e. The molecule has 1 aliphatic heterocycles. The van der Waals surface area contributed by atoms with Crippen LogP contribution in [0.2, 0.25) is 0 Å². The van der Waals surface area contributed by atoms with E-state index in [1.54, 1.807) is 24.1 Å². The number of piperidine rings is 1. The summed E-state index contributed by atoms with van der Waals surface area (Å²) in [6.07, 6.45) is 7.11. The van der Waals surface area contributed by atoms with Gasteiger partial charge in [-0.15, -0.1) is 11.3 Å². The summed E-state index contributed by atoms with van der Waals surface area (Å²) in [6, 6.07) is 0. The second-order valence-electron chi connectivity index (χ2n) is 6.56. The molecule has 4 rings (SSSR count). The van der Waals surface area contributed by atoms with E-state index in [1.807, 2.05) is 18.7 Å². The van der Waals surface area contributed by atoms with Crippen molar-refractivity contribution in [2.75, 3.05) is 13.1 Å². The van der Waals surface area contributed by atoms with Crippen LogP contribution in [-0.2, 0) is 0 Å². The molecule has 4 heterocycles. The monoisotopic (exact) mass is 368 g/mol. The summed E-state index contributed by atoms with van der Waals surface area (Å²) in [5, 5.41) is 0.